The van der Waals surface area contributed by atoms with Gasteiger partial charge >= 0.3 is 12.1 Å². The molecule has 7 heteroatoms. The number of benzene rings is 1. The first kappa shape index (κ1) is 13.4. The molecule has 0 amide bonds. The molecule has 0 bridgehead atoms. The van der Waals surface area contributed by atoms with Gasteiger partial charge in [-0.25, -0.2) is 0 Å². The molecule has 4 N–H and O–H groups in total. The van der Waals surface area contributed by atoms with E-state index in [-0.39, 0.29) is 23.0 Å². The maximum atomic E-state index is 12.6. The predicted octanol–water partition coefficient (Wildman–Crippen LogP) is 2.31. The van der Waals surface area contributed by atoms with Crippen LogP contribution in [-0.2, 0) is 11.0 Å². The predicted molar refractivity (Wildman–Crippen MR) is 62.7 cm³/mol. The Bertz CT molecular complexity index is 619. The molecule has 1 aromatic carbocycles. The van der Waals surface area contributed by atoms with Crippen molar-refractivity contribution in [3.05, 3.63) is 35.5 Å². The van der Waals surface area contributed by atoms with Crippen molar-refractivity contribution in [2.75, 3.05) is 6.54 Å². The minimum Gasteiger partial charge on any atom is -0.481 e. The third-order valence-corrected chi connectivity index (χ3v) is 2.91. The number of hydrogen-bond acceptors (Lipinski definition) is 2. The minimum absolute atomic E-state index is 0.180. The van der Waals surface area contributed by atoms with E-state index in [1.54, 1.807) is 0 Å². The lowest BCUT2D eigenvalue weighted by atomic mass is 9.96. The van der Waals surface area contributed by atoms with Crippen molar-refractivity contribution in [1.29, 1.82) is 0 Å². The van der Waals surface area contributed by atoms with E-state index in [0.29, 0.717) is 0 Å². The summed E-state index contributed by atoms with van der Waals surface area (Å²) in [5.74, 6) is -2.19. The van der Waals surface area contributed by atoms with Crippen LogP contribution in [0.3, 0.4) is 0 Å². The maximum absolute atomic E-state index is 12.6. The molecule has 1 unspecified atom stereocenters. The van der Waals surface area contributed by atoms with Gasteiger partial charge in [-0.05, 0) is 17.7 Å². The van der Waals surface area contributed by atoms with Gasteiger partial charge in [-0.2, -0.15) is 13.2 Å². The molecule has 0 spiro atoms. The number of halogens is 3. The van der Waals surface area contributed by atoms with Gasteiger partial charge in [-0.15, -0.1) is 0 Å². The van der Waals surface area contributed by atoms with Gasteiger partial charge in [0.15, 0.2) is 0 Å². The summed E-state index contributed by atoms with van der Waals surface area (Å²) in [6.07, 6.45) is -4.50. The first-order chi connectivity index (χ1) is 8.84. The normalized spacial score (nSPS) is 13.7. The second-order valence-corrected chi connectivity index (χ2v) is 4.12. The van der Waals surface area contributed by atoms with Crippen molar-refractivity contribution in [3.63, 3.8) is 0 Å². The van der Waals surface area contributed by atoms with Gasteiger partial charge in [0, 0.05) is 17.4 Å². The summed E-state index contributed by atoms with van der Waals surface area (Å²) in [6.45, 7) is -0.180. The summed E-state index contributed by atoms with van der Waals surface area (Å²) >= 11 is 0. The zero-order valence-corrected chi connectivity index (χ0v) is 9.66. The molecule has 19 heavy (non-hydrogen) atoms. The Balaban J connectivity index is 2.63. The number of carbonyl (C=O) groups is 1. The number of H-pyrrole nitrogens is 1. The molecule has 1 aromatic heterocycles. The van der Waals surface area contributed by atoms with E-state index in [1.807, 2.05) is 0 Å². The fraction of sp³-hybridized carbons (Fsp3) is 0.250. The average molecular weight is 272 g/mol. The second kappa shape index (κ2) is 4.58. The fourth-order valence-electron chi connectivity index (χ4n) is 2.00. The van der Waals surface area contributed by atoms with Gasteiger partial charge in [0.25, 0.3) is 0 Å². The van der Waals surface area contributed by atoms with E-state index in [2.05, 4.69) is 4.98 Å². The molecule has 1 atom stereocenters. The molecule has 1 heterocycles. The molecule has 0 saturated carbocycles. The van der Waals surface area contributed by atoms with Crippen LogP contribution in [0, 0.1) is 0 Å². The molecule has 0 aliphatic rings. The third kappa shape index (κ3) is 2.41. The molecule has 0 saturated heterocycles. The van der Waals surface area contributed by atoms with Crippen molar-refractivity contribution in [2.45, 2.75) is 12.1 Å². The van der Waals surface area contributed by atoms with Crippen LogP contribution in [-0.4, -0.2) is 22.6 Å². The summed E-state index contributed by atoms with van der Waals surface area (Å²) in [7, 11) is 0. The highest BCUT2D eigenvalue weighted by Gasteiger charge is 2.33. The van der Waals surface area contributed by atoms with Crippen LogP contribution in [0.15, 0.2) is 24.3 Å². The van der Waals surface area contributed by atoms with Crippen LogP contribution < -0.4 is 5.73 Å². The van der Waals surface area contributed by atoms with Crippen LogP contribution in [0.25, 0.3) is 10.9 Å². The largest absolute Gasteiger partial charge is 0.481 e. The summed E-state index contributed by atoms with van der Waals surface area (Å²) in [4.78, 5) is 13.3. The highest BCUT2D eigenvalue weighted by Crippen LogP contribution is 2.33. The summed E-state index contributed by atoms with van der Waals surface area (Å²) in [5, 5.41) is 9.27. The summed E-state index contributed by atoms with van der Waals surface area (Å²) in [5.41, 5.74) is 4.99. The Morgan fingerprint density at radius 3 is 2.63 bits per heavy atom. The van der Waals surface area contributed by atoms with Crippen molar-refractivity contribution in [2.24, 2.45) is 5.73 Å². The van der Waals surface area contributed by atoms with Crippen molar-refractivity contribution in [3.8, 4) is 0 Å². The number of rotatable bonds is 3. The van der Waals surface area contributed by atoms with Gasteiger partial charge in [0.05, 0.1) is 5.92 Å². The Kier molecular flexibility index (Phi) is 3.23. The lowest BCUT2D eigenvalue weighted by Crippen LogP contribution is -2.21. The third-order valence-electron chi connectivity index (χ3n) is 2.91. The first-order valence-electron chi connectivity index (χ1n) is 5.46. The van der Waals surface area contributed by atoms with Gasteiger partial charge in [0.1, 0.15) is 5.69 Å². The monoisotopic (exact) mass is 272 g/mol. The van der Waals surface area contributed by atoms with Gasteiger partial charge < -0.3 is 15.8 Å². The minimum atomic E-state index is -4.50. The smallest absolute Gasteiger partial charge is 0.431 e. The lowest BCUT2D eigenvalue weighted by Gasteiger charge is -2.10. The Labute approximate surface area is 106 Å². The quantitative estimate of drug-likeness (QED) is 0.802. The number of carboxylic acid groups (broad SMARTS) is 1. The van der Waals surface area contributed by atoms with E-state index >= 15 is 0 Å². The zero-order valence-electron chi connectivity index (χ0n) is 9.66. The van der Waals surface area contributed by atoms with E-state index in [0.717, 1.165) is 6.07 Å². The Hall–Kier alpha value is -2.02. The van der Waals surface area contributed by atoms with Crippen molar-refractivity contribution in [1.82, 2.24) is 4.98 Å². The SMILES string of the molecule is NCC(C(=O)O)c1cccc2[nH]c(C(F)(F)F)cc12. The molecule has 4 nitrogen and oxygen atoms in total. The number of carboxylic acids is 1. The number of fused-ring (bicyclic) bond motifs is 1. The number of alkyl halides is 3. The van der Waals surface area contributed by atoms with E-state index < -0.39 is 23.8 Å². The molecule has 0 aliphatic heterocycles. The lowest BCUT2D eigenvalue weighted by molar-refractivity contribution is -0.140. The molecule has 0 fully saturated rings. The van der Waals surface area contributed by atoms with Gasteiger partial charge in [0.2, 0.25) is 0 Å². The fourth-order valence-corrected chi connectivity index (χ4v) is 2.00. The topological polar surface area (TPSA) is 79.1 Å². The van der Waals surface area contributed by atoms with E-state index in [4.69, 9.17) is 10.8 Å². The molecule has 0 radical (unpaired) electrons. The van der Waals surface area contributed by atoms with Crippen LogP contribution >= 0.6 is 0 Å². The summed E-state index contributed by atoms with van der Waals surface area (Å²) in [6, 6.07) is 5.35. The standard InChI is InChI=1S/C12H11F3N2O2/c13-12(14,15)10-4-7-6(8(5-16)11(18)19)2-1-3-9(7)17-10/h1-4,8,17H,5,16H2,(H,18,19). The first-order valence-corrected chi connectivity index (χ1v) is 5.46. The summed E-state index contributed by atoms with van der Waals surface area (Å²) < 4.78 is 37.9. The Morgan fingerprint density at radius 2 is 2.11 bits per heavy atom. The number of aromatic amines is 1. The van der Waals surface area contributed by atoms with Crippen LogP contribution in [0.2, 0.25) is 0 Å². The second-order valence-electron chi connectivity index (χ2n) is 4.12. The van der Waals surface area contributed by atoms with E-state index in [1.165, 1.54) is 18.2 Å². The van der Waals surface area contributed by atoms with E-state index in [9.17, 15) is 18.0 Å². The number of nitrogens with one attached hydrogen (secondary N) is 1. The molecular formula is C12H11F3N2O2. The maximum Gasteiger partial charge on any atom is 0.431 e. The Morgan fingerprint density at radius 1 is 1.42 bits per heavy atom. The molecule has 2 aromatic rings. The number of aromatic nitrogens is 1. The molecule has 0 aliphatic carbocycles. The van der Waals surface area contributed by atoms with Crippen LogP contribution in [0.1, 0.15) is 17.2 Å². The van der Waals surface area contributed by atoms with Crippen molar-refractivity contribution >= 4 is 16.9 Å². The van der Waals surface area contributed by atoms with Crippen molar-refractivity contribution < 1.29 is 23.1 Å². The van der Waals surface area contributed by atoms with Crippen LogP contribution in [0.5, 0.6) is 0 Å². The number of nitrogens with two attached hydrogens (primary N) is 1. The molecule has 2 rings (SSSR count). The highest BCUT2D eigenvalue weighted by atomic mass is 19.4. The number of aliphatic carboxylic acids is 1. The molecule has 102 valence electrons. The van der Waals surface area contributed by atoms with Crippen LogP contribution in [0.4, 0.5) is 13.2 Å². The highest BCUT2D eigenvalue weighted by molar-refractivity contribution is 5.90. The molecular weight excluding hydrogens is 261 g/mol. The van der Waals surface area contributed by atoms with Gasteiger partial charge in [-0.3, -0.25) is 4.79 Å². The number of hydrogen-bond donors (Lipinski definition) is 3. The average Bonchev–Trinajstić information content (AvgIpc) is 2.73. The van der Waals surface area contributed by atoms with Gasteiger partial charge in [-0.1, -0.05) is 12.1 Å². The zero-order chi connectivity index (χ0) is 14.2.